The van der Waals surface area contributed by atoms with Gasteiger partial charge in [0.25, 0.3) is 0 Å². The number of aromatic nitrogens is 2. The Hall–Kier alpha value is -1.91. The van der Waals surface area contributed by atoms with Gasteiger partial charge < -0.3 is 9.88 Å². The molecule has 0 aromatic carbocycles. The number of amides is 1. The van der Waals surface area contributed by atoms with E-state index in [9.17, 15) is 10.1 Å². The molecule has 0 unspecified atom stereocenters. The van der Waals surface area contributed by atoms with E-state index in [0.29, 0.717) is 18.5 Å². The predicted octanol–water partition coefficient (Wildman–Crippen LogP) is 0.735. The fourth-order valence-electron chi connectivity index (χ4n) is 3.59. The van der Waals surface area contributed by atoms with E-state index < -0.39 is 5.54 Å². The molecule has 2 aliphatic rings. The molecule has 2 heterocycles. The number of hydrogen-bond acceptors (Lipinski definition) is 5. The van der Waals surface area contributed by atoms with Crippen molar-refractivity contribution >= 4 is 5.91 Å². The largest absolute Gasteiger partial charge is 0.337 e. The van der Waals surface area contributed by atoms with Crippen molar-refractivity contribution in [1.29, 1.82) is 5.26 Å². The van der Waals surface area contributed by atoms with Crippen LogP contribution in [0.4, 0.5) is 0 Å². The number of aryl methyl sites for hydroxylation is 1. The Labute approximate surface area is 149 Å². The van der Waals surface area contributed by atoms with E-state index in [1.807, 2.05) is 30.9 Å². The van der Waals surface area contributed by atoms with Crippen LogP contribution >= 0.6 is 0 Å². The lowest BCUT2D eigenvalue weighted by molar-refractivity contribution is -0.124. The fourth-order valence-corrected chi connectivity index (χ4v) is 3.59. The van der Waals surface area contributed by atoms with Gasteiger partial charge in [0.15, 0.2) is 0 Å². The average Bonchev–Trinajstić information content (AvgIpc) is 3.35. The van der Waals surface area contributed by atoms with Gasteiger partial charge in [-0.05, 0) is 32.6 Å². The van der Waals surface area contributed by atoms with Gasteiger partial charge >= 0.3 is 0 Å². The molecule has 1 aliphatic heterocycles. The summed E-state index contributed by atoms with van der Waals surface area (Å²) in [5.41, 5.74) is -0.706. The van der Waals surface area contributed by atoms with Gasteiger partial charge in [-0.15, -0.1) is 0 Å². The molecule has 1 N–H and O–H groups in total. The maximum atomic E-state index is 12.4. The molecule has 1 aromatic heterocycles. The standard InChI is InChI=1S/C18H28N6O/c1-14-10-23(8-9-24(14)11-16-20-6-7-22(16)3)12-17(25)21-18(2,13-19)15-4-5-15/h6-7,14-15H,4-5,8-12H2,1-3H3,(H,21,25)/t14-,18+/m1/s1. The van der Waals surface area contributed by atoms with E-state index in [-0.39, 0.29) is 5.91 Å². The predicted molar refractivity (Wildman–Crippen MR) is 94.4 cm³/mol. The molecule has 3 rings (SSSR count). The molecule has 2 atom stereocenters. The number of carbonyl (C=O) groups excluding carboxylic acids is 1. The van der Waals surface area contributed by atoms with Crippen LogP contribution in [0.15, 0.2) is 12.4 Å². The Morgan fingerprint density at radius 2 is 2.24 bits per heavy atom. The van der Waals surface area contributed by atoms with Gasteiger partial charge in [-0.3, -0.25) is 14.6 Å². The van der Waals surface area contributed by atoms with Crippen molar-refractivity contribution in [3.63, 3.8) is 0 Å². The molecule has 136 valence electrons. The highest BCUT2D eigenvalue weighted by atomic mass is 16.2. The van der Waals surface area contributed by atoms with E-state index in [1.165, 1.54) is 0 Å². The Kier molecular flexibility index (Phi) is 5.11. The lowest BCUT2D eigenvalue weighted by Crippen LogP contribution is -2.55. The third-order valence-corrected chi connectivity index (χ3v) is 5.51. The van der Waals surface area contributed by atoms with E-state index >= 15 is 0 Å². The Balaban J connectivity index is 1.48. The maximum Gasteiger partial charge on any atom is 0.235 e. The van der Waals surface area contributed by atoms with Gasteiger partial charge in [0.2, 0.25) is 5.91 Å². The van der Waals surface area contributed by atoms with Crippen LogP contribution in [0.5, 0.6) is 0 Å². The zero-order valence-electron chi connectivity index (χ0n) is 15.4. The van der Waals surface area contributed by atoms with Gasteiger partial charge in [0.1, 0.15) is 11.4 Å². The SMILES string of the molecule is C[C@@H]1CN(CC(=O)N[C@@](C)(C#N)C2CC2)CCN1Cc1nccn1C. The van der Waals surface area contributed by atoms with E-state index in [0.717, 1.165) is 44.8 Å². The van der Waals surface area contributed by atoms with Gasteiger partial charge in [-0.2, -0.15) is 5.26 Å². The number of carbonyl (C=O) groups is 1. The molecule has 1 aromatic rings. The van der Waals surface area contributed by atoms with Gasteiger partial charge in [0.05, 0.1) is 19.2 Å². The summed E-state index contributed by atoms with van der Waals surface area (Å²) in [6.45, 7) is 7.86. The number of nitriles is 1. The highest BCUT2D eigenvalue weighted by Crippen LogP contribution is 2.39. The highest BCUT2D eigenvalue weighted by Gasteiger charge is 2.43. The van der Waals surface area contributed by atoms with E-state index in [4.69, 9.17) is 0 Å². The van der Waals surface area contributed by atoms with E-state index in [2.05, 4.69) is 33.1 Å². The summed E-state index contributed by atoms with van der Waals surface area (Å²) in [7, 11) is 2.01. The second kappa shape index (κ2) is 7.14. The molecule has 7 nitrogen and oxygen atoms in total. The topological polar surface area (TPSA) is 77.2 Å². The molecule has 1 amide bonds. The molecule has 1 saturated carbocycles. The number of hydrogen-bond donors (Lipinski definition) is 1. The first-order valence-corrected chi connectivity index (χ1v) is 9.06. The lowest BCUT2D eigenvalue weighted by atomic mass is 9.98. The van der Waals surface area contributed by atoms with Gasteiger partial charge in [-0.25, -0.2) is 4.98 Å². The molecular weight excluding hydrogens is 316 g/mol. The molecular formula is C18H28N6O. The minimum atomic E-state index is -0.706. The number of rotatable bonds is 6. The summed E-state index contributed by atoms with van der Waals surface area (Å²) in [6.07, 6.45) is 5.86. The molecule has 0 radical (unpaired) electrons. The fraction of sp³-hybridized carbons (Fsp3) is 0.722. The third kappa shape index (κ3) is 4.20. The molecule has 25 heavy (non-hydrogen) atoms. The van der Waals surface area contributed by atoms with Gasteiger partial charge in [-0.1, -0.05) is 0 Å². The summed E-state index contributed by atoms with van der Waals surface area (Å²) >= 11 is 0. The number of nitrogens with zero attached hydrogens (tertiary/aromatic N) is 5. The van der Waals surface area contributed by atoms with Crippen molar-refractivity contribution in [3.05, 3.63) is 18.2 Å². The van der Waals surface area contributed by atoms with Crippen molar-refractivity contribution in [3.8, 4) is 6.07 Å². The van der Waals surface area contributed by atoms with E-state index in [1.54, 1.807) is 0 Å². The third-order valence-electron chi connectivity index (χ3n) is 5.51. The quantitative estimate of drug-likeness (QED) is 0.823. The molecule has 0 spiro atoms. The first-order valence-electron chi connectivity index (χ1n) is 9.06. The van der Waals surface area contributed by atoms with Crippen LogP contribution in [0.25, 0.3) is 0 Å². The lowest BCUT2D eigenvalue weighted by Gasteiger charge is -2.39. The second-order valence-corrected chi connectivity index (χ2v) is 7.65. The summed E-state index contributed by atoms with van der Waals surface area (Å²) in [5.74, 6) is 1.34. The summed E-state index contributed by atoms with van der Waals surface area (Å²) < 4.78 is 2.05. The first-order chi connectivity index (χ1) is 11.9. The summed E-state index contributed by atoms with van der Waals surface area (Å²) in [4.78, 5) is 21.4. The zero-order chi connectivity index (χ0) is 18.0. The summed E-state index contributed by atoms with van der Waals surface area (Å²) in [5, 5.41) is 12.3. The Bertz CT molecular complexity index is 661. The highest BCUT2D eigenvalue weighted by molar-refractivity contribution is 5.79. The van der Waals surface area contributed by atoms with Crippen molar-refractivity contribution in [2.24, 2.45) is 13.0 Å². The van der Waals surface area contributed by atoms with Crippen LogP contribution in [-0.2, 0) is 18.4 Å². The normalized spacial score (nSPS) is 24.5. The minimum Gasteiger partial charge on any atom is -0.337 e. The second-order valence-electron chi connectivity index (χ2n) is 7.65. The molecule has 1 aliphatic carbocycles. The van der Waals surface area contributed by atoms with Crippen LogP contribution in [0, 0.1) is 17.2 Å². The van der Waals surface area contributed by atoms with Crippen LogP contribution < -0.4 is 5.32 Å². The van der Waals surface area contributed by atoms with Crippen LogP contribution in [0.1, 0.15) is 32.5 Å². The molecule has 2 fully saturated rings. The van der Waals surface area contributed by atoms with Crippen LogP contribution in [0.2, 0.25) is 0 Å². The van der Waals surface area contributed by atoms with Crippen molar-refractivity contribution in [2.75, 3.05) is 26.2 Å². The maximum absolute atomic E-state index is 12.4. The molecule has 1 saturated heterocycles. The molecule has 0 bridgehead atoms. The molecule has 7 heteroatoms. The van der Waals surface area contributed by atoms with Gasteiger partial charge in [0, 0.05) is 45.1 Å². The minimum absolute atomic E-state index is 0.0410. The first kappa shape index (κ1) is 17.9. The number of piperazine rings is 1. The Morgan fingerprint density at radius 1 is 1.48 bits per heavy atom. The monoisotopic (exact) mass is 344 g/mol. The smallest absolute Gasteiger partial charge is 0.235 e. The average molecular weight is 344 g/mol. The number of imidazole rings is 1. The van der Waals surface area contributed by atoms with Crippen LogP contribution in [0.3, 0.4) is 0 Å². The Morgan fingerprint density at radius 3 is 2.80 bits per heavy atom. The van der Waals surface area contributed by atoms with Crippen molar-refractivity contribution < 1.29 is 4.79 Å². The van der Waals surface area contributed by atoms with Crippen molar-refractivity contribution in [2.45, 2.75) is 44.8 Å². The van der Waals surface area contributed by atoms with Crippen LogP contribution in [-0.4, -0.2) is 63.0 Å². The van der Waals surface area contributed by atoms with Crippen molar-refractivity contribution in [1.82, 2.24) is 24.7 Å². The summed E-state index contributed by atoms with van der Waals surface area (Å²) in [6, 6.07) is 2.65. The zero-order valence-corrected chi connectivity index (χ0v) is 15.4. The number of nitrogens with one attached hydrogen (secondary N) is 1.